The first-order chi connectivity index (χ1) is 9.22. The van der Waals surface area contributed by atoms with Crippen LogP contribution in [0.3, 0.4) is 0 Å². The predicted octanol–water partition coefficient (Wildman–Crippen LogP) is 1.84. The Morgan fingerprint density at radius 1 is 1.32 bits per heavy atom. The van der Waals surface area contributed by atoms with Crippen molar-refractivity contribution in [3.05, 3.63) is 18.1 Å². The van der Waals surface area contributed by atoms with Gasteiger partial charge in [0.05, 0.1) is 30.7 Å². The first kappa shape index (κ1) is 15.9. The molecule has 0 fully saturated rings. The molecule has 0 bridgehead atoms. The molecule has 0 aliphatic heterocycles. The standard InChI is InChI=1S/C14H26N4O/c1-5-7-15-8-13-9-17-14(10-16-13)18(6-2)12(3)11-19-4/h9-10,12,15H,5-8,11H2,1-4H3. The maximum atomic E-state index is 5.20. The number of methoxy groups -OCH3 is 1. The SMILES string of the molecule is CCCNCc1cnc(N(CC)C(C)COC)cn1. The van der Waals surface area contributed by atoms with E-state index in [2.05, 4.69) is 41.0 Å². The number of likely N-dealkylation sites (N-methyl/N-ethyl adjacent to an activating group) is 1. The third-order valence-electron chi connectivity index (χ3n) is 3.00. The van der Waals surface area contributed by atoms with Gasteiger partial charge < -0.3 is 15.0 Å². The second-order valence-electron chi connectivity index (χ2n) is 4.63. The fourth-order valence-electron chi connectivity index (χ4n) is 2.01. The van der Waals surface area contributed by atoms with E-state index in [1.54, 1.807) is 7.11 Å². The second kappa shape index (κ2) is 8.82. The van der Waals surface area contributed by atoms with Crippen LogP contribution >= 0.6 is 0 Å². The van der Waals surface area contributed by atoms with Gasteiger partial charge in [-0.25, -0.2) is 4.98 Å². The molecule has 1 rings (SSSR count). The van der Waals surface area contributed by atoms with Gasteiger partial charge in [-0.3, -0.25) is 4.98 Å². The minimum absolute atomic E-state index is 0.299. The zero-order chi connectivity index (χ0) is 14.1. The minimum atomic E-state index is 0.299. The Hall–Kier alpha value is -1.20. The van der Waals surface area contributed by atoms with Crippen molar-refractivity contribution in [2.24, 2.45) is 0 Å². The van der Waals surface area contributed by atoms with Crippen molar-refractivity contribution in [2.45, 2.75) is 39.8 Å². The van der Waals surface area contributed by atoms with Crippen molar-refractivity contribution in [1.29, 1.82) is 0 Å². The first-order valence-corrected chi connectivity index (χ1v) is 7.00. The number of anilines is 1. The van der Waals surface area contributed by atoms with Gasteiger partial charge in [-0.1, -0.05) is 6.92 Å². The monoisotopic (exact) mass is 266 g/mol. The molecule has 19 heavy (non-hydrogen) atoms. The smallest absolute Gasteiger partial charge is 0.147 e. The average molecular weight is 266 g/mol. The lowest BCUT2D eigenvalue weighted by Gasteiger charge is -2.28. The molecule has 0 radical (unpaired) electrons. The Labute approximate surface area is 116 Å². The van der Waals surface area contributed by atoms with Crippen LogP contribution in [0.2, 0.25) is 0 Å². The summed E-state index contributed by atoms with van der Waals surface area (Å²) in [6.45, 7) is 9.77. The van der Waals surface area contributed by atoms with Crippen LogP contribution in [0.25, 0.3) is 0 Å². The van der Waals surface area contributed by atoms with E-state index in [-0.39, 0.29) is 0 Å². The highest BCUT2D eigenvalue weighted by atomic mass is 16.5. The molecule has 1 N–H and O–H groups in total. The van der Waals surface area contributed by atoms with E-state index in [1.165, 1.54) is 0 Å². The van der Waals surface area contributed by atoms with Crippen LogP contribution in [0.5, 0.6) is 0 Å². The molecule has 108 valence electrons. The summed E-state index contributed by atoms with van der Waals surface area (Å²) in [5, 5.41) is 3.32. The van der Waals surface area contributed by atoms with Gasteiger partial charge in [0.2, 0.25) is 0 Å². The summed E-state index contributed by atoms with van der Waals surface area (Å²) >= 11 is 0. The molecular formula is C14H26N4O. The second-order valence-corrected chi connectivity index (χ2v) is 4.63. The molecule has 5 heteroatoms. The number of ether oxygens (including phenoxy) is 1. The summed E-state index contributed by atoms with van der Waals surface area (Å²) in [5.41, 5.74) is 0.979. The third kappa shape index (κ3) is 5.12. The number of nitrogens with one attached hydrogen (secondary N) is 1. The van der Waals surface area contributed by atoms with Crippen LogP contribution in [-0.2, 0) is 11.3 Å². The van der Waals surface area contributed by atoms with Crippen molar-refractivity contribution in [3.8, 4) is 0 Å². The van der Waals surface area contributed by atoms with Crippen molar-refractivity contribution in [1.82, 2.24) is 15.3 Å². The van der Waals surface area contributed by atoms with Crippen LogP contribution in [0.15, 0.2) is 12.4 Å². The Morgan fingerprint density at radius 2 is 2.11 bits per heavy atom. The van der Waals surface area contributed by atoms with Crippen molar-refractivity contribution in [3.63, 3.8) is 0 Å². The van der Waals surface area contributed by atoms with Gasteiger partial charge in [0.1, 0.15) is 5.82 Å². The van der Waals surface area contributed by atoms with Crippen molar-refractivity contribution < 1.29 is 4.74 Å². The quantitative estimate of drug-likeness (QED) is 0.691. The van der Waals surface area contributed by atoms with Crippen LogP contribution in [0.1, 0.15) is 32.9 Å². The third-order valence-corrected chi connectivity index (χ3v) is 3.00. The van der Waals surface area contributed by atoms with Gasteiger partial charge in [0.25, 0.3) is 0 Å². The van der Waals surface area contributed by atoms with Crippen LogP contribution < -0.4 is 10.2 Å². The van der Waals surface area contributed by atoms with Gasteiger partial charge in [-0.2, -0.15) is 0 Å². The fourth-order valence-corrected chi connectivity index (χ4v) is 2.01. The fraction of sp³-hybridized carbons (Fsp3) is 0.714. The molecule has 0 saturated heterocycles. The largest absolute Gasteiger partial charge is 0.383 e. The average Bonchev–Trinajstić information content (AvgIpc) is 2.42. The lowest BCUT2D eigenvalue weighted by Crippen LogP contribution is -2.36. The van der Waals surface area contributed by atoms with E-state index in [0.717, 1.165) is 37.6 Å². The number of aromatic nitrogens is 2. The number of hydrogen-bond donors (Lipinski definition) is 1. The van der Waals surface area contributed by atoms with E-state index in [0.29, 0.717) is 12.6 Å². The van der Waals surface area contributed by atoms with Crippen LogP contribution in [0, 0.1) is 0 Å². The van der Waals surface area contributed by atoms with E-state index in [9.17, 15) is 0 Å². The Balaban J connectivity index is 2.62. The normalized spacial score (nSPS) is 12.4. The Morgan fingerprint density at radius 3 is 2.63 bits per heavy atom. The van der Waals surface area contributed by atoms with Gasteiger partial charge in [0.15, 0.2) is 0 Å². The Bertz CT molecular complexity index is 342. The van der Waals surface area contributed by atoms with Gasteiger partial charge in [-0.15, -0.1) is 0 Å². The molecule has 0 spiro atoms. The van der Waals surface area contributed by atoms with E-state index >= 15 is 0 Å². The molecule has 0 saturated carbocycles. The molecule has 1 aromatic heterocycles. The maximum Gasteiger partial charge on any atom is 0.147 e. The zero-order valence-corrected chi connectivity index (χ0v) is 12.5. The number of nitrogens with zero attached hydrogens (tertiary/aromatic N) is 3. The molecule has 0 aromatic carbocycles. The molecule has 0 amide bonds. The molecule has 1 atom stereocenters. The maximum absolute atomic E-state index is 5.20. The lowest BCUT2D eigenvalue weighted by atomic mass is 10.3. The molecule has 1 heterocycles. The summed E-state index contributed by atoms with van der Waals surface area (Å²) in [6.07, 6.45) is 4.82. The highest BCUT2D eigenvalue weighted by Gasteiger charge is 2.14. The lowest BCUT2D eigenvalue weighted by molar-refractivity contribution is 0.181. The van der Waals surface area contributed by atoms with Crippen LogP contribution in [0.4, 0.5) is 5.82 Å². The molecule has 0 aliphatic carbocycles. The van der Waals surface area contributed by atoms with Crippen molar-refractivity contribution in [2.75, 3.05) is 31.7 Å². The number of hydrogen-bond acceptors (Lipinski definition) is 5. The summed E-state index contributed by atoms with van der Waals surface area (Å²) in [4.78, 5) is 11.1. The van der Waals surface area contributed by atoms with E-state index < -0.39 is 0 Å². The molecule has 1 aromatic rings. The van der Waals surface area contributed by atoms with Gasteiger partial charge in [-0.05, 0) is 26.8 Å². The first-order valence-electron chi connectivity index (χ1n) is 7.00. The molecule has 5 nitrogen and oxygen atoms in total. The zero-order valence-electron chi connectivity index (χ0n) is 12.5. The minimum Gasteiger partial charge on any atom is -0.383 e. The topological polar surface area (TPSA) is 50.3 Å². The molecular weight excluding hydrogens is 240 g/mol. The van der Waals surface area contributed by atoms with Gasteiger partial charge >= 0.3 is 0 Å². The van der Waals surface area contributed by atoms with E-state index in [1.807, 2.05) is 12.4 Å². The summed E-state index contributed by atoms with van der Waals surface area (Å²) < 4.78 is 5.20. The summed E-state index contributed by atoms with van der Waals surface area (Å²) in [5.74, 6) is 0.909. The van der Waals surface area contributed by atoms with E-state index in [4.69, 9.17) is 4.74 Å². The predicted molar refractivity (Wildman–Crippen MR) is 78.4 cm³/mol. The van der Waals surface area contributed by atoms with Crippen LogP contribution in [-0.4, -0.2) is 42.8 Å². The van der Waals surface area contributed by atoms with Crippen molar-refractivity contribution >= 4 is 5.82 Å². The number of rotatable bonds is 9. The molecule has 0 aliphatic rings. The summed E-state index contributed by atoms with van der Waals surface area (Å²) in [6, 6.07) is 0.299. The summed E-state index contributed by atoms with van der Waals surface area (Å²) in [7, 11) is 1.72. The molecule has 1 unspecified atom stereocenters. The Kier molecular flexibility index (Phi) is 7.36. The van der Waals surface area contributed by atoms with Gasteiger partial charge in [0, 0.05) is 20.2 Å². The highest BCUT2D eigenvalue weighted by Crippen LogP contribution is 2.12. The highest BCUT2D eigenvalue weighted by molar-refractivity contribution is 5.36.